The number of nitrogens with zero attached hydrogens (tertiary/aromatic N) is 1. The highest BCUT2D eigenvalue weighted by atomic mass is 32.2. The van der Waals surface area contributed by atoms with Gasteiger partial charge in [0.25, 0.3) is 5.91 Å². The lowest BCUT2D eigenvalue weighted by atomic mass is 10.1. The maximum Gasteiger partial charge on any atom is 0.250 e. The van der Waals surface area contributed by atoms with Crippen LogP contribution in [0.1, 0.15) is 10.4 Å². The molecule has 16 heavy (non-hydrogen) atoms. The quantitative estimate of drug-likeness (QED) is 0.756. The van der Waals surface area contributed by atoms with Crippen LogP contribution in [-0.2, 0) is 0 Å². The van der Waals surface area contributed by atoms with Crippen LogP contribution in [-0.4, -0.2) is 31.5 Å². The van der Waals surface area contributed by atoms with Gasteiger partial charge in [-0.05, 0) is 18.4 Å². The normalized spacial score (nSPS) is 10.1. The van der Waals surface area contributed by atoms with Crippen LogP contribution in [0.2, 0.25) is 0 Å². The summed E-state index contributed by atoms with van der Waals surface area (Å²) in [5.41, 5.74) is 13.0. The fourth-order valence-electron chi connectivity index (χ4n) is 1.53. The molecule has 0 aliphatic carbocycles. The number of para-hydroxylation sites is 1. The SMILES string of the molecule is CSCCN(C)c1c(N)cccc1C(N)=O. The molecule has 0 unspecified atom stereocenters. The van der Waals surface area contributed by atoms with Crippen molar-refractivity contribution in [3.8, 4) is 0 Å². The largest absolute Gasteiger partial charge is 0.397 e. The summed E-state index contributed by atoms with van der Waals surface area (Å²) < 4.78 is 0. The van der Waals surface area contributed by atoms with Crippen LogP contribution in [0.15, 0.2) is 18.2 Å². The number of hydrogen-bond acceptors (Lipinski definition) is 4. The summed E-state index contributed by atoms with van der Waals surface area (Å²) in [7, 11) is 1.91. The van der Waals surface area contributed by atoms with Crippen LogP contribution in [0, 0.1) is 0 Å². The predicted octanol–water partition coefficient (Wildman–Crippen LogP) is 1.17. The lowest BCUT2D eigenvalue weighted by Gasteiger charge is -2.22. The average molecular weight is 239 g/mol. The number of amides is 1. The summed E-state index contributed by atoms with van der Waals surface area (Å²) in [5, 5.41) is 0. The van der Waals surface area contributed by atoms with Gasteiger partial charge in [-0.2, -0.15) is 11.8 Å². The van der Waals surface area contributed by atoms with E-state index in [1.807, 2.05) is 18.2 Å². The summed E-state index contributed by atoms with van der Waals surface area (Å²) in [6, 6.07) is 5.21. The first-order valence-electron chi connectivity index (χ1n) is 4.96. The van der Waals surface area contributed by atoms with E-state index in [9.17, 15) is 4.79 Å². The number of hydrogen-bond donors (Lipinski definition) is 2. The smallest absolute Gasteiger partial charge is 0.250 e. The zero-order valence-corrected chi connectivity index (χ0v) is 10.4. The van der Waals surface area contributed by atoms with Gasteiger partial charge in [-0.15, -0.1) is 0 Å². The Bertz CT molecular complexity index is 381. The molecule has 0 radical (unpaired) electrons. The summed E-state index contributed by atoms with van der Waals surface area (Å²) in [6.07, 6.45) is 2.04. The number of carbonyl (C=O) groups is 1. The third kappa shape index (κ3) is 2.82. The molecule has 4 nitrogen and oxygen atoms in total. The molecule has 0 aliphatic rings. The number of primary amides is 1. The zero-order valence-electron chi connectivity index (χ0n) is 9.56. The van der Waals surface area contributed by atoms with Crippen LogP contribution in [0.5, 0.6) is 0 Å². The van der Waals surface area contributed by atoms with Crippen molar-refractivity contribution >= 4 is 29.0 Å². The Balaban J connectivity index is 3.04. The Morgan fingerprint density at radius 3 is 2.75 bits per heavy atom. The molecule has 0 aromatic heterocycles. The van der Waals surface area contributed by atoms with Gasteiger partial charge in [0, 0.05) is 19.3 Å². The van der Waals surface area contributed by atoms with Crippen molar-refractivity contribution in [2.24, 2.45) is 5.73 Å². The molecular weight excluding hydrogens is 222 g/mol. The molecule has 1 aromatic carbocycles. The highest BCUT2D eigenvalue weighted by Crippen LogP contribution is 2.26. The molecular formula is C11H17N3OS. The van der Waals surface area contributed by atoms with Crippen molar-refractivity contribution in [2.45, 2.75) is 0 Å². The summed E-state index contributed by atoms with van der Waals surface area (Å²) in [4.78, 5) is 13.3. The van der Waals surface area contributed by atoms with E-state index in [0.29, 0.717) is 11.3 Å². The molecule has 0 saturated carbocycles. The monoisotopic (exact) mass is 239 g/mol. The molecule has 0 heterocycles. The molecule has 5 heteroatoms. The Kier molecular flexibility index (Phi) is 4.49. The van der Waals surface area contributed by atoms with Gasteiger partial charge in [-0.1, -0.05) is 6.07 Å². The first-order chi connectivity index (χ1) is 7.57. The Morgan fingerprint density at radius 1 is 1.50 bits per heavy atom. The van der Waals surface area contributed by atoms with E-state index in [4.69, 9.17) is 11.5 Å². The molecule has 88 valence electrons. The van der Waals surface area contributed by atoms with Gasteiger partial charge in [0.15, 0.2) is 0 Å². The maximum absolute atomic E-state index is 11.3. The first-order valence-corrected chi connectivity index (χ1v) is 6.35. The molecule has 0 fully saturated rings. The van der Waals surface area contributed by atoms with Gasteiger partial charge < -0.3 is 16.4 Å². The van der Waals surface area contributed by atoms with Crippen molar-refractivity contribution in [1.29, 1.82) is 0 Å². The highest BCUT2D eigenvalue weighted by molar-refractivity contribution is 7.98. The number of anilines is 2. The van der Waals surface area contributed by atoms with Crippen molar-refractivity contribution < 1.29 is 4.79 Å². The molecule has 0 saturated heterocycles. The number of thioether (sulfide) groups is 1. The van der Waals surface area contributed by atoms with E-state index in [1.165, 1.54) is 0 Å². The zero-order chi connectivity index (χ0) is 12.1. The van der Waals surface area contributed by atoms with E-state index >= 15 is 0 Å². The van der Waals surface area contributed by atoms with Crippen molar-refractivity contribution in [1.82, 2.24) is 0 Å². The maximum atomic E-state index is 11.3. The second-order valence-electron chi connectivity index (χ2n) is 3.52. The van der Waals surface area contributed by atoms with Crippen LogP contribution in [0.4, 0.5) is 11.4 Å². The Labute approximate surface area is 100.0 Å². The first kappa shape index (κ1) is 12.7. The molecule has 4 N–H and O–H groups in total. The molecule has 1 amide bonds. The highest BCUT2D eigenvalue weighted by Gasteiger charge is 2.14. The van der Waals surface area contributed by atoms with E-state index in [-0.39, 0.29) is 0 Å². The van der Waals surface area contributed by atoms with Crippen LogP contribution in [0.3, 0.4) is 0 Å². The van der Waals surface area contributed by atoms with Crippen LogP contribution in [0.25, 0.3) is 0 Å². The van der Waals surface area contributed by atoms with Crippen molar-refractivity contribution in [2.75, 3.05) is 36.2 Å². The second-order valence-corrected chi connectivity index (χ2v) is 4.51. The molecule has 0 bridgehead atoms. The molecule has 0 aliphatic heterocycles. The minimum Gasteiger partial charge on any atom is -0.397 e. The standard InChI is InChI=1S/C11H17N3OS/c1-14(6-7-16-2)10-8(11(13)15)4-3-5-9(10)12/h3-5H,6-7,12H2,1-2H3,(H2,13,15). The molecule has 1 aromatic rings. The van der Waals surface area contributed by atoms with Gasteiger partial charge in [0.2, 0.25) is 0 Å². The Morgan fingerprint density at radius 2 is 2.19 bits per heavy atom. The number of nitrogen functional groups attached to an aromatic ring is 1. The van der Waals surface area contributed by atoms with Gasteiger partial charge in [-0.3, -0.25) is 4.79 Å². The number of rotatable bonds is 5. The fourth-order valence-corrected chi connectivity index (χ4v) is 1.98. The predicted molar refractivity (Wildman–Crippen MR) is 71.0 cm³/mol. The second kappa shape index (κ2) is 5.65. The van der Waals surface area contributed by atoms with Crippen LogP contribution >= 0.6 is 11.8 Å². The van der Waals surface area contributed by atoms with Crippen molar-refractivity contribution in [3.63, 3.8) is 0 Å². The minimum absolute atomic E-state index is 0.446. The van der Waals surface area contributed by atoms with Crippen LogP contribution < -0.4 is 16.4 Å². The topological polar surface area (TPSA) is 72.3 Å². The lowest BCUT2D eigenvalue weighted by molar-refractivity contribution is 0.100. The minimum atomic E-state index is -0.446. The molecule has 0 atom stereocenters. The van der Waals surface area contributed by atoms with Gasteiger partial charge in [0.1, 0.15) is 0 Å². The van der Waals surface area contributed by atoms with Gasteiger partial charge in [-0.25, -0.2) is 0 Å². The summed E-state index contributed by atoms with van der Waals surface area (Å²) in [6.45, 7) is 0.829. The summed E-state index contributed by atoms with van der Waals surface area (Å²) in [5.74, 6) is 0.529. The van der Waals surface area contributed by atoms with E-state index < -0.39 is 5.91 Å². The number of benzene rings is 1. The fraction of sp³-hybridized carbons (Fsp3) is 0.364. The number of carbonyl (C=O) groups excluding carboxylic acids is 1. The third-order valence-electron chi connectivity index (χ3n) is 2.35. The average Bonchev–Trinajstić information content (AvgIpc) is 2.25. The molecule has 0 spiro atoms. The third-order valence-corrected chi connectivity index (χ3v) is 2.94. The van der Waals surface area contributed by atoms with E-state index in [2.05, 4.69) is 0 Å². The van der Waals surface area contributed by atoms with E-state index in [1.54, 1.807) is 30.0 Å². The Hall–Kier alpha value is -1.36. The van der Waals surface area contributed by atoms with E-state index in [0.717, 1.165) is 18.0 Å². The number of nitrogens with two attached hydrogens (primary N) is 2. The summed E-state index contributed by atoms with van der Waals surface area (Å²) >= 11 is 1.75. The van der Waals surface area contributed by atoms with Gasteiger partial charge in [0.05, 0.1) is 16.9 Å². The molecule has 1 rings (SSSR count). The lowest BCUT2D eigenvalue weighted by Crippen LogP contribution is -2.25. The van der Waals surface area contributed by atoms with Gasteiger partial charge >= 0.3 is 0 Å². The van der Waals surface area contributed by atoms with Crippen molar-refractivity contribution in [3.05, 3.63) is 23.8 Å².